The molecule has 0 aliphatic rings. The first kappa shape index (κ1) is 19.9. The maximum Gasteiger partial charge on any atom is 0.243 e. The van der Waals surface area contributed by atoms with Crippen LogP contribution in [-0.4, -0.2) is 43.8 Å². The molecule has 0 fully saturated rings. The lowest BCUT2D eigenvalue weighted by Crippen LogP contribution is -2.38. The molecule has 0 bridgehead atoms. The third-order valence-corrected chi connectivity index (χ3v) is 5.51. The van der Waals surface area contributed by atoms with Gasteiger partial charge in [-0.15, -0.1) is 0 Å². The van der Waals surface area contributed by atoms with Gasteiger partial charge in [0.1, 0.15) is 5.75 Å². The first-order chi connectivity index (χ1) is 12.3. The van der Waals surface area contributed by atoms with Crippen LogP contribution >= 0.6 is 0 Å². The van der Waals surface area contributed by atoms with Crippen LogP contribution in [0.5, 0.6) is 5.75 Å². The molecule has 0 atom stereocenters. The number of sulfonamides is 1. The maximum atomic E-state index is 12.7. The van der Waals surface area contributed by atoms with E-state index >= 15 is 0 Å². The summed E-state index contributed by atoms with van der Waals surface area (Å²) in [6, 6.07) is 10.0. The number of amides is 1. The second-order valence-electron chi connectivity index (χ2n) is 5.72. The highest BCUT2D eigenvalue weighted by Crippen LogP contribution is 2.23. The highest BCUT2D eigenvalue weighted by atomic mass is 32.2. The van der Waals surface area contributed by atoms with Crippen LogP contribution in [0.3, 0.4) is 0 Å². The molecule has 140 valence electrons. The Balaban J connectivity index is 2.01. The first-order valence-electron chi connectivity index (χ1n) is 8.21. The van der Waals surface area contributed by atoms with E-state index in [9.17, 15) is 13.2 Å². The number of nitrogens with zero attached hydrogens (tertiary/aromatic N) is 2. The Morgan fingerprint density at radius 1 is 1.27 bits per heavy atom. The molecular formula is C18H23N3O4S. The second kappa shape index (κ2) is 8.77. The van der Waals surface area contributed by atoms with Gasteiger partial charge in [-0.2, -0.15) is 4.31 Å². The molecule has 0 aliphatic carbocycles. The van der Waals surface area contributed by atoms with Gasteiger partial charge in [0.05, 0.1) is 30.3 Å². The minimum Gasteiger partial charge on any atom is -0.494 e. The molecule has 0 spiro atoms. The molecule has 8 heteroatoms. The summed E-state index contributed by atoms with van der Waals surface area (Å²) in [6.45, 7) is 4.12. The summed E-state index contributed by atoms with van der Waals surface area (Å²) in [6.07, 6.45) is 1.63. The molecule has 1 amide bonds. The summed E-state index contributed by atoms with van der Waals surface area (Å²) in [7, 11) is -2.39. The summed E-state index contributed by atoms with van der Waals surface area (Å²) >= 11 is 0. The van der Waals surface area contributed by atoms with Gasteiger partial charge in [0.15, 0.2) is 0 Å². The maximum absolute atomic E-state index is 12.7. The molecule has 0 saturated heterocycles. The van der Waals surface area contributed by atoms with Crippen LogP contribution in [0, 0.1) is 6.92 Å². The zero-order valence-corrected chi connectivity index (χ0v) is 15.9. The van der Waals surface area contributed by atoms with Gasteiger partial charge in [0.25, 0.3) is 0 Å². The number of hydrogen-bond donors (Lipinski definition) is 1. The van der Waals surface area contributed by atoms with Gasteiger partial charge < -0.3 is 10.1 Å². The predicted molar refractivity (Wildman–Crippen MR) is 98.2 cm³/mol. The van der Waals surface area contributed by atoms with Crippen LogP contribution < -0.4 is 10.1 Å². The van der Waals surface area contributed by atoms with Crippen molar-refractivity contribution in [3.63, 3.8) is 0 Å². The smallest absolute Gasteiger partial charge is 0.243 e. The zero-order valence-electron chi connectivity index (χ0n) is 15.1. The second-order valence-corrected chi connectivity index (χ2v) is 7.76. The molecule has 2 rings (SSSR count). The van der Waals surface area contributed by atoms with Crippen molar-refractivity contribution in [1.82, 2.24) is 14.6 Å². The third-order valence-electron chi connectivity index (χ3n) is 3.71. The van der Waals surface area contributed by atoms with Gasteiger partial charge >= 0.3 is 0 Å². The monoisotopic (exact) mass is 377 g/mol. The topological polar surface area (TPSA) is 88.6 Å². The molecule has 2 aromatic rings. The van der Waals surface area contributed by atoms with Crippen molar-refractivity contribution in [3.05, 3.63) is 53.9 Å². The number of rotatable bonds is 8. The van der Waals surface area contributed by atoms with Gasteiger partial charge in [0, 0.05) is 13.2 Å². The lowest BCUT2D eigenvalue weighted by molar-refractivity contribution is -0.121. The third kappa shape index (κ3) is 5.03. The predicted octanol–water partition coefficient (Wildman–Crippen LogP) is 1.73. The molecule has 26 heavy (non-hydrogen) atoms. The number of likely N-dealkylation sites (N-methyl/N-ethyl adjacent to an activating group) is 1. The number of carbonyl (C=O) groups is 1. The van der Waals surface area contributed by atoms with E-state index in [0.717, 1.165) is 9.87 Å². The Hall–Kier alpha value is -2.45. The summed E-state index contributed by atoms with van der Waals surface area (Å²) in [4.78, 5) is 16.3. The van der Waals surface area contributed by atoms with Crippen LogP contribution in [0.15, 0.2) is 47.5 Å². The van der Waals surface area contributed by atoms with Crippen molar-refractivity contribution < 1.29 is 17.9 Å². The quantitative estimate of drug-likeness (QED) is 0.757. The lowest BCUT2D eigenvalue weighted by Gasteiger charge is -2.18. The zero-order chi connectivity index (χ0) is 19.2. The molecule has 0 aliphatic heterocycles. The largest absolute Gasteiger partial charge is 0.494 e. The number of hydrogen-bond acceptors (Lipinski definition) is 5. The Labute approximate surface area is 154 Å². The van der Waals surface area contributed by atoms with Crippen LogP contribution in [-0.2, 0) is 21.4 Å². The number of ether oxygens (including phenoxy) is 1. The van der Waals surface area contributed by atoms with E-state index in [-0.39, 0.29) is 18.0 Å². The van der Waals surface area contributed by atoms with E-state index in [1.54, 1.807) is 37.4 Å². The van der Waals surface area contributed by atoms with Crippen LogP contribution in [0.25, 0.3) is 0 Å². The van der Waals surface area contributed by atoms with Crippen molar-refractivity contribution in [2.24, 2.45) is 0 Å². The minimum absolute atomic E-state index is 0.124. The average molecular weight is 377 g/mol. The van der Waals surface area contributed by atoms with Crippen molar-refractivity contribution in [3.8, 4) is 5.75 Å². The molecule has 1 aromatic heterocycles. The number of aromatic nitrogens is 1. The highest BCUT2D eigenvalue weighted by Gasteiger charge is 2.23. The molecule has 1 N–H and O–H groups in total. The fraction of sp³-hybridized carbons (Fsp3) is 0.333. The van der Waals surface area contributed by atoms with Gasteiger partial charge in [-0.3, -0.25) is 9.78 Å². The van der Waals surface area contributed by atoms with E-state index in [4.69, 9.17) is 4.74 Å². The average Bonchev–Trinajstić information content (AvgIpc) is 2.62. The van der Waals surface area contributed by atoms with Crippen molar-refractivity contribution in [2.45, 2.75) is 25.3 Å². The van der Waals surface area contributed by atoms with E-state index in [2.05, 4.69) is 10.3 Å². The number of pyridine rings is 1. The number of benzene rings is 1. The minimum atomic E-state index is -3.77. The number of aryl methyl sites for hydroxylation is 1. The number of nitrogens with one attached hydrogen (secondary N) is 1. The van der Waals surface area contributed by atoms with Gasteiger partial charge in [-0.05, 0) is 49.7 Å². The standard InChI is InChI=1S/C18H23N3O4S/c1-4-25-17-9-8-16(11-14(17)2)26(23,24)21(3)13-18(22)20-12-15-7-5-6-10-19-15/h5-11H,4,12-13H2,1-3H3,(H,20,22). The Morgan fingerprint density at radius 3 is 2.65 bits per heavy atom. The summed E-state index contributed by atoms with van der Waals surface area (Å²) in [5, 5.41) is 2.66. The first-order valence-corrected chi connectivity index (χ1v) is 9.65. The van der Waals surface area contributed by atoms with Crippen LogP contribution in [0.2, 0.25) is 0 Å². The highest BCUT2D eigenvalue weighted by molar-refractivity contribution is 7.89. The molecule has 1 aromatic carbocycles. The molecular weight excluding hydrogens is 354 g/mol. The Morgan fingerprint density at radius 2 is 2.04 bits per heavy atom. The Bertz CT molecular complexity index is 854. The van der Waals surface area contributed by atoms with Gasteiger partial charge in [-0.1, -0.05) is 6.07 Å². The molecule has 0 radical (unpaired) electrons. The fourth-order valence-electron chi connectivity index (χ4n) is 2.31. The van der Waals surface area contributed by atoms with Crippen molar-refractivity contribution in [2.75, 3.05) is 20.2 Å². The van der Waals surface area contributed by atoms with Crippen molar-refractivity contribution in [1.29, 1.82) is 0 Å². The Kier molecular flexibility index (Phi) is 6.70. The number of carbonyl (C=O) groups excluding carboxylic acids is 1. The van der Waals surface area contributed by atoms with E-state index < -0.39 is 15.9 Å². The summed E-state index contributed by atoms with van der Waals surface area (Å²) < 4.78 is 31.8. The van der Waals surface area contributed by atoms with Gasteiger partial charge in [-0.25, -0.2) is 8.42 Å². The van der Waals surface area contributed by atoms with Crippen LogP contribution in [0.4, 0.5) is 0 Å². The van der Waals surface area contributed by atoms with E-state index in [0.29, 0.717) is 18.1 Å². The van der Waals surface area contributed by atoms with Gasteiger partial charge in [0.2, 0.25) is 15.9 Å². The van der Waals surface area contributed by atoms with E-state index in [1.807, 2.05) is 13.0 Å². The normalized spacial score (nSPS) is 11.4. The molecule has 1 heterocycles. The lowest BCUT2D eigenvalue weighted by atomic mass is 10.2. The SMILES string of the molecule is CCOc1ccc(S(=O)(=O)N(C)CC(=O)NCc2ccccn2)cc1C. The van der Waals surface area contributed by atoms with Crippen LogP contribution in [0.1, 0.15) is 18.2 Å². The molecule has 0 unspecified atom stereocenters. The summed E-state index contributed by atoms with van der Waals surface area (Å²) in [5.74, 6) is 0.242. The fourth-order valence-corrected chi connectivity index (χ4v) is 3.53. The van der Waals surface area contributed by atoms with E-state index in [1.165, 1.54) is 13.1 Å². The molecule has 7 nitrogen and oxygen atoms in total. The molecule has 0 saturated carbocycles. The van der Waals surface area contributed by atoms with Crippen molar-refractivity contribution >= 4 is 15.9 Å². The summed E-state index contributed by atoms with van der Waals surface area (Å²) in [5.41, 5.74) is 1.43.